The lowest BCUT2D eigenvalue weighted by molar-refractivity contribution is -0.0504. The van der Waals surface area contributed by atoms with E-state index >= 15 is 0 Å². The van der Waals surface area contributed by atoms with Crippen LogP contribution in [-0.4, -0.2) is 36.3 Å². The fourth-order valence-corrected chi connectivity index (χ4v) is 6.11. The standard InChI is InChI=1S/C30H27F2NO3/c31-29(32)36-28-12-6-1-7-20(28)15-19-16-21-13-14-22(17-19)33(21)30(34)35-18-27-25-10-4-2-8-23(25)24-9-3-5-11-26(24)27/h1-12,16,21-22,27,29H,13-15,17-18H2. The highest BCUT2D eigenvalue weighted by molar-refractivity contribution is 5.79. The molecule has 3 aliphatic rings. The minimum Gasteiger partial charge on any atom is -0.448 e. The van der Waals surface area contributed by atoms with Crippen LogP contribution >= 0.6 is 0 Å². The molecule has 0 spiro atoms. The summed E-state index contributed by atoms with van der Waals surface area (Å²) in [5, 5.41) is 0. The Morgan fingerprint density at radius 3 is 2.28 bits per heavy atom. The smallest absolute Gasteiger partial charge is 0.410 e. The molecule has 2 unspecified atom stereocenters. The summed E-state index contributed by atoms with van der Waals surface area (Å²) in [7, 11) is 0. The number of alkyl halides is 2. The SMILES string of the molecule is O=C(OCC1c2ccccc2-c2ccccc21)N1C2C=C(Cc3ccccc3OC(F)F)CC1CC2. The number of hydrogen-bond acceptors (Lipinski definition) is 3. The number of halogens is 2. The van der Waals surface area contributed by atoms with Crippen LogP contribution in [0.25, 0.3) is 11.1 Å². The second-order valence-electron chi connectivity index (χ2n) is 9.70. The van der Waals surface area contributed by atoms with Crippen molar-refractivity contribution in [2.24, 2.45) is 0 Å². The number of carbonyl (C=O) groups excluding carboxylic acids is 1. The van der Waals surface area contributed by atoms with Crippen LogP contribution in [0.3, 0.4) is 0 Å². The predicted molar refractivity (Wildman–Crippen MR) is 133 cm³/mol. The van der Waals surface area contributed by atoms with E-state index in [4.69, 9.17) is 9.47 Å². The van der Waals surface area contributed by atoms with Gasteiger partial charge in [0.2, 0.25) is 0 Å². The van der Waals surface area contributed by atoms with Crippen LogP contribution in [0.2, 0.25) is 0 Å². The van der Waals surface area contributed by atoms with Gasteiger partial charge in [0.1, 0.15) is 12.4 Å². The van der Waals surface area contributed by atoms with Gasteiger partial charge in [-0.2, -0.15) is 8.78 Å². The summed E-state index contributed by atoms with van der Waals surface area (Å²) in [5.41, 5.74) is 6.68. The average molecular weight is 488 g/mol. The molecule has 1 fully saturated rings. The Morgan fingerprint density at radius 2 is 1.58 bits per heavy atom. The first kappa shape index (κ1) is 22.8. The number of fused-ring (bicyclic) bond motifs is 5. The van der Waals surface area contributed by atoms with E-state index in [0.717, 1.165) is 24.0 Å². The molecular formula is C30H27F2NO3. The molecule has 0 N–H and O–H groups in total. The van der Waals surface area contributed by atoms with Crippen molar-refractivity contribution in [3.63, 3.8) is 0 Å². The summed E-state index contributed by atoms with van der Waals surface area (Å²) >= 11 is 0. The van der Waals surface area contributed by atoms with Crippen LogP contribution in [0.4, 0.5) is 13.6 Å². The van der Waals surface area contributed by atoms with Gasteiger partial charge in [-0.05, 0) is 59.6 Å². The maximum atomic E-state index is 13.3. The van der Waals surface area contributed by atoms with E-state index in [9.17, 15) is 13.6 Å². The van der Waals surface area contributed by atoms with E-state index in [1.807, 2.05) is 41.3 Å². The summed E-state index contributed by atoms with van der Waals surface area (Å²) in [5.74, 6) is 0.237. The Balaban J connectivity index is 1.15. The number of hydrogen-bond donors (Lipinski definition) is 0. The molecule has 2 aliphatic heterocycles. The van der Waals surface area contributed by atoms with Crippen LogP contribution in [0.5, 0.6) is 5.75 Å². The maximum Gasteiger partial charge on any atom is 0.410 e. The second-order valence-corrected chi connectivity index (χ2v) is 9.70. The van der Waals surface area contributed by atoms with Crippen LogP contribution < -0.4 is 4.74 Å². The van der Waals surface area contributed by atoms with Gasteiger partial charge in [-0.1, -0.05) is 78.4 Å². The first-order valence-electron chi connectivity index (χ1n) is 12.4. The first-order chi connectivity index (χ1) is 17.6. The van der Waals surface area contributed by atoms with E-state index in [2.05, 4.69) is 30.3 Å². The van der Waals surface area contributed by atoms with Gasteiger partial charge >= 0.3 is 12.7 Å². The molecule has 36 heavy (non-hydrogen) atoms. The number of carbonyl (C=O) groups is 1. The molecule has 0 aromatic heterocycles. The fraction of sp³-hybridized carbons (Fsp3) is 0.300. The summed E-state index contributed by atoms with van der Waals surface area (Å²) in [6.07, 6.45) is 4.88. The van der Waals surface area contributed by atoms with Crippen molar-refractivity contribution < 1.29 is 23.0 Å². The van der Waals surface area contributed by atoms with Crippen LogP contribution in [0, 0.1) is 0 Å². The number of amides is 1. The van der Waals surface area contributed by atoms with Crippen molar-refractivity contribution in [2.75, 3.05) is 6.61 Å². The molecule has 3 aromatic carbocycles. The minimum absolute atomic E-state index is 0.0289. The maximum absolute atomic E-state index is 13.3. The number of nitrogens with zero attached hydrogens (tertiary/aromatic N) is 1. The molecule has 2 heterocycles. The predicted octanol–water partition coefficient (Wildman–Crippen LogP) is 6.94. The molecule has 2 atom stereocenters. The largest absolute Gasteiger partial charge is 0.448 e. The van der Waals surface area contributed by atoms with Crippen molar-refractivity contribution in [3.05, 3.63) is 101 Å². The van der Waals surface area contributed by atoms with Crippen LogP contribution in [-0.2, 0) is 11.2 Å². The molecule has 0 radical (unpaired) electrons. The Labute approximate surface area is 209 Å². The van der Waals surface area contributed by atoms with Crippen molar-refractivity contribution in [3.8, 4) is 16.9 Å². The molecule has 1 saturated heterocycles. The molecule has 184 valence electrons. The number of benzene rings is 3. The molecule has 6 rings (SSSR count). The average Bonchev–Trinajstić information content (AvgIpc) is 3.35. The van der Waals surface area contributed by atoms with Crippen molar-refractivity contribution >= 4 is 6.09 Å². The lowest BCUT2D eigenvalue weighted by Crippen LogP contribution is -2.44. The number of para-hydroxylation sites is 1. The summed E-state index contributed by atoms with van der Waals surface area (Å²) in [6.45, 7) is -2.55. The lowest BCUT2D eigenvalue weighted by Gasteiger charge is -2.33. The summed E-state index contributed by atoms with van der Waals surface area (Å²) in [4.78, 5) is 15.1. The third-order valence-electron chi connectivity index (χ3n) is 7.63. The van der Waals surface area contributed by atoms with Gasteiger partial charge in [0.25, 0.3) is 0 Å². The Morgan fingerprint density at radius 1 is 0.917 bits per heavy atom. The van der Waals surface area contributed by atoms with E-state index in [1.165, 1.54) is 22.3 Å². The zero-order valence-electron chi connectivity index (χ0n) is 19.8. The van der Waals surface area contributed by atoms with Gasteiger partial charge in [-0.25, -0.2) is 4.79 Å². The van der Waals surface area contributed by atoms with E-state index in [-0.39, 0.29) is 29.8 Å². The first-order valence-corrected chi connectivity index (χ1v) is 12.4. The van der Waals surface area contributed by atoms with E-state index in [1.54, 1.807) is 12.1 Å². The Hall–Kier alpha value is -3.67. The third kappa shape index (κ3) is 4.15. The Kier molecular flexibility index (Phi) is 5.96. The number of ether oxygens (including phenoxy) is 2. The molecule has 4 nitrogen and oxygen atoms in total. The molecule has 3 aromatic rings. The highest BCUT2D eigenvalue weighted by atomic mass is 19.3. The molecule has 1 amide bonds. The van der Waals surface area contributed by atoms with Gasteiger partial charge in [-0.15, -0.1) is 0 Å². The van der Waals surface area contributed by atoms with E-state index in [0.29, 0.717) is 19.4 Å². The molecule has 6 heteroatoms. The molecule has 0 saturated carbocycles. The number of rotatable bonds is 6. The van der Waals surface area contributed by atoms with Gasteiger partial charge in [0, 0.05) is 12.0 Å². The highest BCUT2D eigenvalue weighted by Gasteiger charge is 2.41. The van der Waals surface area contributed by atoms with Crippen LogP contribution in [0.1, 0.15) is 41.9 Å². The third-order valence-corrected chi connectivity index (χ3v) is 7.63. The zero-order chi connectivity index (χ0) is 24.6. The van der Waals surface area contributed by atoms with Crippen molar-refractivity contribution in [2.45, 2.75) is 50.3 Å². The zero-order valence-corrected chi connectivity index (χ0v) is 19.8. The van der Waals surface area contributed by atoms with Crippen LogP contribution in [0.15, 0.2) is 84.4 Å². The fourth-order valence-electron chi connectivity index (χ4n) is 6.11. The van der Waals surface area contributed by atoms with Crippen molar-refractivity contribution in [1.29, 1.82) is 0 Å². The monoisotopic (exact) mass is 487 g/mol. The topological polar surface area (TPSA) is 38.8 Å². The van der Waals surface area contributed by atoms with Crippen molar-refractivity contribution in [1.82, 2.24) is 4.90 Å². The molecule has 2 bridgehead atoms. The van der Waals surface area contributed by atoms with Gasteiger partial charge < -0.3 is 9.47 Å². The summed E-state index contributed by atoms with van der Waals surface area (Å²) < 4.78 is 36.2. The van der Waals surface area contributed by atoms with Gasteiger partial charge in [-0.3, -0.25) is 4.90 Å². The van der Waals surface area contributed by atoms with Gasteiger partial charge in [0.05, 0.1) is 6.04 Å². The summed E-state index contributed by atoms with van der Waals surface area (Å²) in [6, 6.07) is 23.6. The quantitative estimate of drug-likeness (QED) is 0.354. The second kappa shape index (κ2) is 9.41. The molecular weight excluding hydrogens is 460 g/mol. The highest BCUT2D eigenvalue weighted by Crippen LogP contribution is 2.45. The van der Waals surface area contributed by atoms with E-state index < -0.39 is 6.61 Å². The van der Waals surface area contributed by atoms with Gasteiger partial charge in [0.15, 0.2) is 0 Å². The lowest BCUT2D eigenvalue weighted by atomic mass is 9.95. The molecule has 1 aliphatic carbocycles. The Bertz CT molecular complexity index is 1280. The minimum atomic E-state index is -2.85. The normalized spacial score (nSPS) is 20.2.